The van der Waals surface area contributed by atoms with Gasteiger partial charge in [0.25, 0.3) is 11.8 Å². The number of aliphatic hydroxyl groups is 1. The average molecular weight is 954 g/mol. The Labute approximate surface area is 409 Å². The number of benzene rings is 1. The third-order valence-electron chi connectivity index (χ3n) is 15.1. The lowest BCUT2D eigenvalue weighted by Crippen LogP contribution is -2.57. The number of rotatable bonds is 10. The maximum absolute atomic E-state index is 14.1. The van der Waals surface area contributed by atoms with E-state index in [4.69, 9.17) is 13.8 Å². The smallest absolute Gasteiger partial charge is 0.269 e. The van der Waals surface area contributed by atoms with Gasteiger partial charge in [-0.15, -0.1) is 11.3 Å². The number of carbonyl (C=O) groups excluding carboxylic acids is 4. The Morgan fingerprint density at radius 1 is 0.855 bits per heavy atom. The van der Waals surface area contributed by atoms with Crippen molar-refractivity contribution < 1.29 is 33.1 Å². The van der Waals surface area contributed by atoms with Crippen molar-refractivity contribution in [3.05, 3.63) is 98.6 Å². The van der Waals surface area contributed by atoms with Crippen LogP contribution in [0, 0.1) is 0 Å². The van der Waals surface area contributed by atoms with Crippen LogP contribution in [-0.4, -0.2) is 118 Å². The van der Waals surface area contributed by atoms with E-state index in [0.29, 0.717) is 59.4 Å². The van der Waals surface area contributed by atoms with E-state index < -0.39 is 25.1 Å². The highest BCUT2D eigenvalue weighted by molar-refractivity contribution is 7.14. The lowest BCUT2D eigenvalue weighted by Gasteiger charge is -2.46. The molecule has 6 aliphatic rings. The van der Waals surface area contributed by atoms with E-state index in [9.17, 15) is 24.3 Å². The molecule has 358 valence electrons. The maximum Gasteiger partial charge on any atom is 0.269 e. The van der Waals surface area contributed by atoms with E-state index in [1.54, 1.807) is 46.4 Å². The van der Waals surface area contributed by atoms with Crippen LogP contribution in [-0.2, 0) is 35.4 Å². The standard InChI is InChI=1S/C52H58N10O6S/c1-30-28-59(34-15-19-58(20-16-34)35-8-10-38-33(24-35)29-62(51(38)66)42-11-13-45(64)57-49(42)65)22-23-60(30)36-9-12-44(54-27-36)56-41-25-32(26-55-50(41)68-3)37-14-18-53-48(46(37)31(2)63)61-21-17-40-39-6-4-5-7-43(39)69-47(40)52(61)67/h8-10,12,14,18,24-27,30-31,34,42,63H,4-7,11,13,15-17,19-23,28-29H2,1-3H3,(H,54,56)(H,57,64,65)/t30-,31+,42-/m0/s1/i3D3. The number of carbonyl (C=O) groups is 4. The largest absolute Gasteiger partial charge is 0.480 e. The number of pyridine rings is 3. The normalized spacial score (nSPS) is 22.3. The Bertz CT molecular complexity index is 2960. The first-order chi connectivity index (χ1) is 34.7. The Morgan fingerprint density at radius 2 is 1.70 bits per heavy atom. The van der Waals surface area contributed by atoms with Gasteiger partial charge in [-0.1, -0.05) is 0 Å². The topological polar surface area (TPSA) is 177 Å². The van der Waals surface area contributed by atoms with Crippen LogP contribution in [0.2, 0.25) is 0 Å². The molecule has 3 N–H and O–H groups in total. The summed E-state index contributed by atoms with van der Waals surface area (Å²) in [5, 5.41) is 16.9. The Balaban J connectivity index is 0.743. The Morgan fingerprint density at radius 3 is 2.48 bits per heavy atom. The molecular formula is C52H58N10O6S. The van der Waals surface area contributed by atoms with Crippen LogP contribution in [0.5, 0.6) is 5.88 Å². The number of nitrogens with zero attached hydrogens (tertiary/aromatic N) is 8. The maximum atomic E-state index is 14.1. The number of aromatic nitrogens is 3. The van der Waals surface area contributed by atoms with Crippen molar-refractivity contribution in [2.75, 3.05) is 66.3 Å². The first kappa shape index (κ1) is 41.5. The molecule has 16 nitrogen and oxygen atoms in total. The number of imide groups is 1. The zero-order valence-corrected chi connectivity index (χ0v) is 39.7. The van der Waals surface area contributed by atoms with Crippen LogP contribution in [0.1, 0.15) is 110 Å². The predicted octanol–water partition coefficient (Wildman–Crippen LogP) is 6.43. The molecule has 4 aromatic heterocycles. The van der Waals surface area contributed by atoms with Crippen LogP contribution >= 0.6 is 11.3 Å². The molecular weight excluding hydrogens is 893 g/mol. The molecule has 4 amide bonds. The molecule has 0 bridgehead atoms. The van der Waals surface area contributed by atoms with Crippen LogP contribution in [0.4, 0.5) is 28.7 Å². The number of amides is 4. The van der Waals surface area contributed by atoms with E-state index in [-0.39, 0.29) is 41.8 Å². The summed E-state index contributed by atoms with van der Waals surface area (Å²) in [6, 6.07) is 13.3. The minimum absolute atomic E-state index is 0.107. The van der Waals surface area contributed by atoms with Gasteiger partial charge < -0.3 is 29.9 Å². The summed E-state index contributed by atoms with van der Waals surface area (Å²) in [7, 11) is -2.78. The Hall–Kier alpha value is -6.43. The number of ether oxygens (including phenoxy) is 1. The Kier molecular flexibility index (Phi) is 11.1. The van der Waals surface area contributed by atoms with Crippen molar-refractivity contribution in [2.45, 2.75) is 102 Å². The molecule has 0 unspecified atom stereocenters. The van der Waals surface area contributed by atoms with Crippen molar-refractivity contribution in [1.29, 1.82) is 0 Å². The van der Waals surface area contributed by atoms with Crippen LogP contribution < -0.4 is 30.1 Å². The number of piperazine rings is 1. The second-order valence-corrected chi connectivity index (χ2v) is 20.3. The molecule has 1 aliphatic carbocycles. The number of fused-ring (bicyclic) bond motifs is 4. The number of aliphatic hydroxyl groups excluding tert-OH is 1. The number of hydrogen-bond acceptors (Lipinski definition) is 14. The summed E-state index contributed by atoms with van der Waals surface area (Å²) in [5.41, 5.74) is 7.96. The summed E-state index contributed by atoms with van der Waals surface area (Å²) >= 11 is 1.60. The van der Waals surface area contributed by atoms with E-state index >= 15 is 0 Å². The third-order valence-corrected chi connectivity index (χ3v) is 16.4. The van der Waals surface area contributed by atoms with Gasteiger partial charge in [-0.05, 0) is 130 Å². The quantitative estimate of drug-likeness (QED) is 0.131. The number of anilines is 5. The summed E-state index contributed by atoms with van der Waals surface area (Å²) in [6.07, 6.45) is 11.5. The molecule has 1 aromatic carbocycles. The van der Waals surface area contributed by atoms with Gasteiger partial charge in [-0.25, -0.2) is 15.0 Å². The zero-order chi connectivity index (χ0) is 50.0. The number of nitrogens with one attached hydrogen (secondary N) is 2. The van der Waals surface area contributed by atoms with Crippen molar-refractivity contribution in [2.24, 2.45) is 0 Å². The first-order valence-corrected chi connectivity index (χ1v) is 25.1. The van der Waals surface area contributed by atoms with Gasteiger partial charge in [-0.2, -0.15) is 0 Å². The summed E-state index contributed by atoms with van der Waals surface area (Å²) in [4.78, 5) is 78.2. The lowest BCUT2D eigenvalue weighted by molar-refractivity contribution is -0.136. The van der Waals surface area contributed by atoms with E-state index in [1.807, 2.05) is 30.5 Å². The van der Waals surface area contributed by atoms with Crippen LogP contribution in [0.15, 0.2) is 61.1 Å². The first-order valence-electron chi connectivity index (χ1n) is 25.8. The van der Waals surface area contributed by atoms with Gasteiger partial charge in [0.05, 0.1) is 34.0 Å². The van der Waals surface area contributed by atoms with Crippen molar-refractivity contribution in [3.8, 4) is 17.0 Å². The van der Waals surface area contributed by atoms with E-state index in [2.05, 4.69) is 48.3 Å². The number of thiophene rings is 1. The third kappa shape index (κ3) is 8.37. The summed E-state index contributed by atoms with van der Waals surface area (Å²) < 4.78 is 29.0. The zero-order valence-electron chi connectivity index (χ0n) is 41.9. The molecule has 0 radical (unpaired) electrons. The van der Waals surface area contributed by atoms with Gasteiger partial charge in [0.15, 0.2) is 0 Å². The molecule has 0 saturated carbocycles. The van der Waals surface area contributed by atoms with Crippen molar-refractivity contribution in [3.63, 3.8) is 0 Å². The highest BCUT2D eigenvalue weighted by Crippen LogP contribution is 2.42. The fourth-order valence-corrected chi connectivity index (χ4v) is 12.9. The molecule has 5 aliphatic heterocycles. The van der Waals surface area contributed by atoms with Gasteiger partial charge in [0.1, 0.15) is 23.4 Å². The molecule has 11 rings (SSSR count). The number of methoxy groups -OCH3 is 1. The molecule has 0 spiro atoms. The fourth-order valence-electron chi connectivity index (χ4n) is 11.5. The van der Waals surface area contributed by atoms with Gasteiger partial charge >= 0.3 is 0 Å². The number of piperidine rings is 2. The fraction of sp³-hybridized carbons (Fsp3) is 0.442. The summed E-state index contributed by atoms with van der Waals surface area (Å²) in [6.45, 7) is 9.07. The SMILES string of the molecule is [2H]C([2H])([2H])Oc1ncc(-c2ccnc(N3CCc4c(sc5c4CCCC5)C3=O)c2[C@@H](C)O)cc1Nc1ccc(N2CCN(C3CCN(c4ccc5c(c4)CN([C@H]4CCC(=O)NC4=O)C5=O)CC3)C[C@@H]2C)cn1. The van der Waals surface area contributed by atoms with E-state index in [0.717, 1.165) is 105 Å². The van der Waals surface area contributed by atoms with E-state index in [1.165, 1.54) is 16.6 Å². The van der Waals surface area contributed by atoms with Gasteiger partial charge in [0, 0.05) is 104 Å². The molecule has 69 heavy (non-hydrogen) atoms. The second-order valence-electron chi connectivity index (χ2n) is 19.2. The minimum Gasteiger partial charge on any atom is -0.480 e. The summed E-state index contributed by atoms with van der Waals surface area (Å²) in [5.74, 6) is -0.276. The van der Waals surface area contributed by atoms with Crippen LogP contribution in [0.25, 0.3) is 11.1 Å². The minimum atomic E-state index is -2.78. The van der Waals surface area contributed by atoms with Gasteiger partial charge in [-0.3, -0.25) is 34.3 Å². The van der Waals surface area contributed by atoms with Gasteiger partial charge in [0.2, 0.25) is 17.7 Å². The monoisotopic (exact) mass is 953 g/mol. The average Bonchev–Trinajstić information content (AvgIpc) is 3.91. The lowest BCUT2D eigenvalue weighted by atomic mass is 9.91. The molecule has 3 atom stereocenters. The predicted molar refractivity (Wildman–Crippen MR) is 265 cm³/mol. The molecule has 17 heteroatoms. The molecule has 5 aromatic rings. The van der Waals surface area contributed by atoms with Crippen molar-refractivity contribution in [1.82, 2.24) is 30.1 Å². The van der Waals surface area contributed by atoms with Crippen LogP contribution in [0.3, 0.4) is 0 Å². The molecule has 9 heterocycles. The van der Waals surface area contributed by atoms with Crippen molar-refractivity contribution >= 4 is 63.7 Å². The highest BCUT2D eigenvalue weighted by Gasteiger charge is 2.40. The number of aryl methyl sites for hydroxylation is 1. The second kappa shape index (κ2) is 18.5. The molecule has 3 fully saturated rings. The highest BCUT2D eigenvalue weighted by atomic mass is 32.1. The number of hydrogen-bond donors (Lipinski definition) is 3. The molecule has 3 saturated heterocycles.